The van der Waals surface area contributed by atoms with Crippen molar-refractivity contribution in [3.05, 3.63) is 141 Å². The zero-order valence-electron chi connectivity index (χ0n) is 32.5. The third kappa shape index (κ3) is 6.65. The highest BCUT2D eigenvalue weighted by atomic mass is 16.5. The first-order chi connectivity index (χ1) is 27.7. The second-order valence-electron chi connectivity index (χ2n) is 15.5. The summed E-state index contributed by atoms with van der Waals surface area (Å²) in [7, 11) is 1.55. The van der Waals surface area contributed by atoms with Crippen molar-refractivity contribution in [2.24, 2.45) is 4.99 Å². The van der Waals surface area contributed by atoms with Crippen LogP contribution in [0.5, 0.6) is 17.2 Å². The summed E-state index contributed by atoms with van der Waals surface area (Å²) in [5.41, 5.74) is 9.06. The molecule has 2 amide bonds. The van der Waals surface area contributed by atoms with E-state index >= 15 is 0 Å². The van der Waals surface area contributed by atoms with Gasteiger partial charge in [0.1, 0.15) is 25.2 Å². The Hall–Kier alpha value is -6.20. The Morgan fingerprint density at radius 3 is 2.05 bits per heavy atom. The molecular formula is C46H45N5O6. The molecule has 4 aliphatic heterocycles. The number of pyridine rings is 1. The lowest BCUT2D eigenvalue weighted by Crippen LogP contribution is -2.55. The van der Waals surface area contributed by atoms with Gasteiger partial charge in [-0.3, -0.25) is 19.6 Å². The predicted molar refractivity (Wildman–Crippen MR) is 216 cm³/mol. The van der Waals surface area contributed by atoms with Crippen LogP contribution in [-0.2, 0) is 39.1 Å². The second-order valence-corrected chi connectivity index (χ2v) is 15.5. The number of hydrogen-bond donors (Lipinski definition) is 1. The number of ether oxygens (including phenoxy) is 3. The number of hydrogen-bond acceptors (Lipinski definition) is 9. The highest BCUT2D eigenvalue weighted by molar-refractivity contribution is 6.03. The summed E-state index contributed by atoms with van der Waals surface area (Å²) >= 11 is 0. The number of fused-ring (bicyclic) bond motifs is 6. The number of rotatable bonds is 8. The summed E-state index contributed by atoms with van der Waals surface area (Å²) in [5.74, 6) is 1.29. The van der Waals surface area contributed by atoms with E-state index in [0.717, 1.165) is 23.1 Å². The molecule has 5 heterocycles. The maximum atomic E-state index is 14.2. The van der Waals surface area contributed by atoms with E-state index in [-0.39, 0.29) is 37.1 Å². The summed E-state index contributed by atoms with van der Waals surface area (Å²) in [5, 5.41) is 11.9. The average Bonchev–Trinajstić information content (AvgIpc) is 3.40. The van der Waals surface area contributed by atoms with Gasteiger partial charge in [0, 0.05) is 37.5 Å². The van der Waals surface area contributed by atoms with Crippen LogP contribution in [0.25, 0.3) is 0 Å². The summed E-state index contributed by atoms with van der Waals surface area (Å²) in [6.07, 6.45) is 2.24. The van der Waals surface area contributed by atoms with Crippen molar-refractivity contribution in [2.75, 3.05) is 12.0 Å². The van der Waals surface area contributed by atoms with Gasteiger partial charge in [-0.05, 0) is 85.7 Å². The molecule has 0 radical (unpaired) electrons. The first-order valence-corrected chi connectivity index (χ1v) is 19.5. The third-order valence-corrected chi connectivity index (χ3v) is 11.6. The van der Waals surface area contributed by atoms with Crippen LogP contribution in [0, 0.1) is 6.92 Å². The maximum absolute atomic E-state index is 14.2. The van der Waals surface area contributed by atoms with Gasteiger partial charge >= 0.3 is 0 Å². The zero-order chi connectivity index (χ0) is 39.4. The zero-order valence-corrected chi connectivity index (χ0v) is 32.5. The van der Waals surface area contributed by atoms with Gasteiger partial charge in [0.25, 0.3) is 11.8 Å². The number of aromatic nitrogens is 1. The highest BCUT2D eigenvalue weighted by Gasteiger charge is 2.43. The summed E-state index contributed by atoms with van der Waals surface area (Å²) in [4.78, 5) is 43.2. The molecule has 290 valence electrons. The van der Waals surface area contributed by atoms with E-state index in [0.29, 0.717) is 70.6 Å². The van der Waals surface area contributed by atoms with Crippen LogP contribution in [-0.4, -0.2) is 69.4 Å². The number of benzene rings is 4. The van der Waals surface area contributed by atoms with Crippen molar-refractivity contribution in [2.45, 2.75) is 84.3 Å². The van der Waals surface area contributed by atoms with E-state index < -0.39 is 12.3 Å². The molecule has 4 aliphatic rings. The molecule has 1 aromatic heterocycles. The third-order valence-electron chi connectivity index (χ3n) is 11.6. The van der Waals surface area contributed by atoms with Crippen molar-refractivity contribution in [1.82, 2.24) is 14.8 Å². The highest BCUT2D eigenvalue weighted by Crippen LogP contribution is 2.42. The number of nitrogens with zero attached hydrogens (tertiary/aromatic N) is 5. The Morgan fingerprint density at radius 2 is 1.37 bits per heavy atom. The number of methoxy groups -OCH3 is 1. The lowest BCUT2D eigenvalue weighted by atomic mass is 9.92. The van der Waals surface area contributed by atoms with Crippen LogP contribution in [0.4, 0.5) is 11.4 Å². The Labute approximate surface area is 332 Å². The Morgan fingerprint density at radius 1 is 0.737 bits per heavy atom. The topological polar surface area (TPSA) is 117 Å². The average molecular weight is 764 g/mol. The van der Waals surface area contributed by atoms with Gasteiger partial charge < -0.3 is 34.0 Å². The van der Waals surface area contributed by atoms with Crippen molar-refractivity contribution in [1.29, 1.82) is 0 Å². The molecule has 0 aliphatic carbocycles. The Balaban J connectivity index is 0.918. The Kier molecular flexibility index (Phi) is 9.40. The lowest BCUT2D eigenvalue weighted by molar-refractivity contribution is 0.0292. The number of anilines is 1. The van der Waals surface area contributed by atoms with Gasteiger partial charge in [-0.25, -0.2) is 0 Å². The second kappa shape index (κ2) is 14.7. The number of carbonyl (C=O) groups excluding carboxylic acids is 2. The number of aliphatic hydroxyl groups excluding tert-OH is 1. The fourth-order valence-electron chi connectivity index (χ4n) is 8.64. The fourth-order valence-corrected chi connectivity index (χ4v) is 8.64. The molecule has 5 aromatic rings. The molecule has 0 bridgehead atoms. The molecular weight excluding hydrogens is 719 g/mol. The fraction of sp³-hybridized carbons (Fsp3) is 0.304. The number of aliphatic imine (C=N–C) groups is 1. The molecule has 11 heteroatoms. The van der Waals surface area contributed by atoms with Crippen LogP contribution < -0.4 is 19.1 Å². The van der Waals surface area contributed by atoms with Crippen molar-refractivity contribution in [3.63, 3.8) is 0 Å². The number of aliphatic hydroxyl groups is 1. The van der Waals surface area contributed by atoms with E-state index in [1.807, 2.05) is 97.4 Å². The molecule has 0 saturated heterocycles. The monoisotopic (exact) mass is 763 g/mol. The van der Waals surface area contributed by atoms with Gasteiger partial charge in [-0.15, -0.1) is 0 Å². The van der Waals surface area contributed by atoms with Crippen LogP contribution in [0.2, 0.25) is 0 Å². The maximum Gasteiger partial charge on any atom is 0.256 e. The van der Waals surface area contributed by atoms with Gasteiger partial charge in [-0.1, -0.05) is 54.6 Å². The van der Waals surface area contributed by atoms with E-state index in [9.17, 15) is 14.7 Å². The number of aryl methyl sites for hydroxylation is 1. The quantitative estimate of drug-likeness (QED) is 0.181. The number of amides is 2. The first-order valence-electron chi connectivity index (χ1n) is 19.5. The van der Waals surface area contributed by atoms with Gasteiger partial charge in [0.2, 0.25) is 0 Å². The lowest BCUT2D eigenvalue weighted by Gasteiger charge is -2.42. The Bertz CT molecular complexity index is 2430. The van der Waals surface area contributed by atoms with Crippen LogP contribution in [0.3, 0.4) is 0 Å². The van der Waals surface area contributed by atoms with Crippen LogP contribution in [0.1, 0.15) is 73.8 Å². The summed E-state index contributed by atoms with van der Waals surface area (Å²) in [6.45, 7) is 7.25. The van der Waals surface area contributed by atoms with Crippen molar-refractivity contribution < 1.29 is 28.9 Å². The minimum Gasteiger partial charge on any atom is -0.493 e. The molecule has 0 spiro atoms. The van der Waals surface area contributed by atoms with Gasteiger partial charge in [0.05, 0.1) is 53.1 Å². The predicted octanol–water partition coefficient (Wildman–Crippen LogP) is 6.95. The molecule has 1 unspecified atom stereocenters. The largest absolute Gasteiger partial charge is 0.493 e. The molecule has 9 rings (SSSR count). The molecule has 3 atom stereocenters. The molecule has 11 nitrogen and oxygen atoms in total. The minimum atomic E-state index is -0.932. The van der Waals surface area contributed by atoms with Crippen molar-refractivity contribution in [3.8, 4) is 17.2 Å². The van der Waals surface area contributed by atoms with Crippen LogP contribution >= 0.6 is 0 Å². The SMILES string of the molecule is COc1cc2c(cc1OCc1cccc(COc3cc4c(cc3C)C(=O)N3Cc5ccccc5C[C@H]3C=N4)n1)N(C(C)C)C(O)[C@@H]1Cc3ccccc3CN1C2=O. The standard InChI is InChI=1S/C46H45N5O6/c1-27(2)51-39-21-43(42(55-4)19-37(39)45(53)50-24-32-13-8-6-11-30(32)18-40(50)46(51)54)57-26-34-15-9-14-33(48-34)25-56-41-20-38-36(16-28(41)3)44(52)49-23-31-12-7-5-10-29(31)17-35(49)22-47-38/h5-16,19-22,27,35,40,46,54H,17-18,23-26H2,1-4H3/t35-,40-,46?/m0/s1. The molecule has 0 fully saturated rings. The summed E-state index contributed by atoms with van der Waals surface area (Å²) < 4.78 is 18.4. The molecule has 57 heavy (non-hydrogen) atoms. The molecule has 4 aromatic carbocycles. The normalized spacial score (nSPS) is 19.4. The first kappa shape index (κ1) is 36.4. The van der Waals surface area contributed by atoms with E-state index in [4.69, 9.17) is 24.2 Å². The molecule has 0 saturated carbocycles. The van der Waals surface area contributed by atoms with Crippen molar-refractivity contribution >= 4 is 29.4 Å². The van der Waals surface area contributed by atoms with Crippen LogP contribution in [0.15, 0.2) is 96.0 Å². The van der Waals surface area contributed by atoms with Gasteiger partial charge in [0.15, 0.2) is 11.5 Å². The number of carbonyl (C=O) groups is 2. The molecule has 1 N–H and O–H groups in total. The van der Waals surface area contributed by atoms with E-state index in [1.165, 1.54) is 11.1 Å². The summed E-state index contributed by atoms with van der Waals surface area (Å²) in [6, 6.07) is 28.6. The minimum absolute atomic E-state index is 0.0291. The van der Waals surface area contributed by atoms with E-state index in [1.54, 1.807) is 24.1 Å². The van der Waals surface area contributed by atoms with E-state index in [2.05, 4.69) is 18.2 Å². The van der Waals surface area contributed by atoms with Gasteiger partial charge in [-0.2, -0.15) is 0 Å². The smallest absolute Gasteiger partial charge is 0.256 e.